The van der Waals surface area contributed by atoms with Crippen LogP contribution in [0.1, 0.15) is 24.3 Å². The molecule has 0 aliphatic carbocycles. The number of carbonyl (C=O) groups excluding carboxylic acids is 1. The Morgan fingerprint density at radius 3 is 2.56 bits per heavy atom. The van der Waals surface area contributed by atoms with Gasteiger partial charge in [-0.2, -0.15) is 5.10 Å². The predicted octanol–water partition coefficient (Wildman–Crippen LogP) is 0.0155. The quantitative estimate of drug-likeness (QED) is 0.505. The summed E-state index contributed by atoms with van der Waals surface area (Å²) in [6, 6.07) is 1.43. The van der Waals surface area contributed by atoms with Gasteiger partial charge in [0.25, 0.3) is 5.91 Å². The second-order valence-electron chi connectivity index (χ2n) is 4.71. The number of anilines is 1. The summed E-state index contributed by atoms with van der Waals surface area (Å²) in [5.41, 5.74) is 5.22. The maximum absolute atomic E-state index is 11.7. The Morgan fingerprint density at radius 1 is 1.44 bits per heavy atom. The number of carbonyl (C=O) groups is 2. The normalized spacial score (nSPS) is 11.0. The molecule has 0 fully saturated rings. The number of nitrogens with one attached hydrogen (secondary N) is 3. The summed E-state index contributed by atoms with van der Waals surface area (Å²) in [6.07, 6.45) is -1.09. The topological polar surface area (TPSA) is 133 Å². The first-order valence-electron chi connectivity index (χ1n) is 5.36. The highest BCUT2D eigenvalue weighted by Crippen LogP contribution is 2.12. The van der Waals surface area contributed by atoms with Crippen LogP contribution in [0.5, 0.6) is 0 Å². The standard InChI is InChI=1S/C10H17N5O3/c1-10(2,5-13-9(17)18)4-12-8(16)6-3-7(11)15-14-6/h3,13H,4-5H2,1-2H3,(H,12,16)(H,17,18)(H3,11,14,15). The number of amides is 2. The fourth-order valence-electron chi connectivity index (χ4n) is 1.24. The number of nitrogens with two attached hydrogens (primary N) is 1. The van der Waals surface area contributed by atoms with Crippen LogP contribution < -0.4 is 16.4 Å². The Bertz CT molecular complexity index is 440. The van der Waals surface area contributed by atoms with E-state index in [-0.39, 0.29) is 18.1 Å². The van der Waals surface area contributed by atoms with Gasteiger partial charge in [0.05, 0.1) is 0 Å². The second-order valence-corrected chi connectivity index (χ2v) is 4.71. The van der Waals surface area contributed by atoms with Crippen LogP contribution >= 0.6 is 0 Å². The largest absolute Gasteiger partial charge is 0.465 e. The molecule has 0 radical (unpaired) electrons. The number of aromatic amines is 1. The fourth-order valence-corrected chi connectivity index (χ4v) is 1.24. The van der Waals surface area contributed by atoms with E-state index in [1.807, 2.05) is 13.8 Å². The van der Waals surface area contributed by atoms with Crippen molar-refractivity contribution in [2.75, 3.05) is 18.8 Å². The summed E-state index contributed by atoms with van der Waals surface area (Å²) in [4.78, 5) is 22.0. The minimum Gasteiger partial charge on any atom is -0.465 e. The van der Waals surface area contributed by atoms with Crippen LogP contribution in [-0.4, -0.2) is 40.4 Å². The highest BCUT2D eigenvalue weighted by Gasteiger charge is 2.20. The van der Waals surface area contributed by atoms with E-state index in [2.05, 4.69) is 20.8 Å². The molecule has 1 aromatic heterocycles. The zero-order valence-electron chi connectivity index (χ0n) is 10.3. The van der Waals surface area contributed by atoms with Gasteiger partial charge < -0.3 is 21.5 Å². The van der Waals surface area contributed by atoms with E-state index < -0.39 is 11.5 Å². The summed E-state index contributed by atoms with van der Waals surface area (Å²) in [7, 11) is 0. The fraction of sp³-hybridized carbons (Fsp3) is 0.500. The molecule has 1 aromatic rings. The van der Waals surface area contributed by atoms with Gasteiger partial charge in [0.2, 0.25) is 0 Å². The molecule has 0 aliphatic heterocycles. The summed E-state index contributed by atoms with van der Waals surface area (Å²) >= 11 is 0. The zero-order chi connectivity index (χ0) is 13.8. The average Bonchev–Trinajstić information content (AvgIpc) is 2.70. The van der Waals surface area contributed by atoms with Gasteiger partial charge in [-0.1, -0.05) is 13.8 Å². The van der Waals surface area contributed by atoms with Gasteiger partial charge >= 0.3 is 6.09 Å². The second kappa shape index (κ2) is 5.39. The van der Waals surface area contributed by atoms with Crippen LogP contribution in [0.15, 0.2) is 6.07 Å². The van der Waals surface area contributed by atoms with Crippen LogP contribution in [0.3, 0.4) is 0 Å². The molecule has 0 bridgehead atoms. The Balaban J connectivity index is 2.44. The number of aromatic nitrogens is 2. The van der Waals surface area contributed by atoms with Gasteiger partial charge in [0, 0.05) is 19.2 Å². The molecule has 6 N–H and O–H groups in total. The Labute approximate surface area is 104 Å². The van der Waals surface area contributed by atoms with E-state index in [1.54, 1.807) is 0 Å². The van der Waals surface area contributed by atoms with Gasteiger partial charge in [0.1, 0.15) is 5.82 Å². The SMILES string of the molecule is CC(C)(CNC(=O)O)CNC(=O)c1cc(N)[nH]n1. The Morgan fingerprint density at radius 2 is 2.06 bits per heavy atom. The highest BCUT2D eigenvalue weighted by molar-refractivity contribution is 5.92. The predicted molar refractivity (Wildman–Crippen MR) is 65.1 cm³/mol. The lowest BCUT2D eigenvalue weighted by Gasteiger charge is -2.24. The van der Waals surface area contributed by atoms with Crippen molar-refractivity contribution in [3.8, 4) is 0 Å². The maximum Gasteiger partial charge on any atom is 0.404 e. The molecule has 2 amide bonds. The van der Waals surface area contributed by atoms with Crippen molar-refractivity contribution in [1.29, 1.82) is 0 Å². The van der Waals surface area contributed by atoms with Crippen molar-refractivity contribution in [2.24, 2.45) is 5.41 Å². The Hall–Kier alpha value is -2.25. The molecule has 0 aromatic carbocycles. The van der Waals surface area contributed by atoms with Crippen molar-refractivity contribution < 1.29 is 14.7 Å². The first-order chi connectivity index (χ1) is 8.30. The van der Waals surface area contributed by atoms with E-state index in [0.29, 0.717) is 12.4 Å². The molecule has 0 saturated carbocycles. The molecule has 0 unspecified atom stereocenters. The molecule has 100 valence electrons. The third-order valence-corrected chi connectivity index (χ3v) is 2.28. The third-order valence-electron chi connectivity index (χ3n) is 2.28. The van der Waals surface area contributed by atoms with Crippen LogP contribution in [-0.2, 0) is 0 Å². The number of H-pyrrole nitrogens is 1. The minimum atomic E-state index is -1.09. The molecule has 18 heavy (non-hydrogen) atoms. The average molecular weight is 255 g/mol. The summed E-state index contributed by atoms with van der Waals surface area (Å²) in [5.74, 6) is -0.0432. The van der Waals surface area contributed by atoms with Crippen molar-refractivity contribution >= 4 is 17.8 Å². The van der Waals surface area contributed by atoms with E-state index in [9.17, 15) is 9.59 Å². The number of nitrogens with zero attached hydrogens (tertiary/aromatic N) is 1. The molecule has 1 rings (SSSR count). The van der Waals surface area contributed by atoms with Crippen LogP contribution in [0.2, 0.25) is 0 Å². The van der Waals surface area contributed by atoms with Gasteiger partial charge in [-0.3, -0.25) is 9.89 Å². The van der Waals surface area contributed by atoms with E-state index in [0.717, 1.165) is 0 Å². The van der Waals surface area contributed by atoms with Crippen LogP contribution in [0.4, 0.5) is 10.6 Å². The molecule has 0 aliphatic rings. The van der Waals surface area contributed by atoms with Gasteiger partial charge in [-0.15, -0.1) is 0 Å². The van der Waals surface area contributed by atoms with Gasteiger partial charge in [-0.25, -0.2) is 4.79 Å². The van der Waals surface area contributed by atoms with Crippen molar-refractivity contribution in [2.45, 2.75) is 13.8 Å². The minimum absolute atomic E-state index is 0.203. The number of hydrogen-bond donors (Lipinski definition) is 5. The molecule has 8 nitrogen and oxygen atoms in total. The van der Waals surface area contributed by atoms with Crippen molar-refractivity contribution in [3.63, 3.8) is 0 Å². The van der Waals surface area contributed by atoms with Gasteiger partial charge in [-0.05, 0) is 5.41 Å². The van der Waals surface area contributed by atoms with E-state index in [1.165, 1.54) is 6.07 Å². The van der Waals surface area contributed by atoms with Crippen molar-refractivity contribution in [3.05, 3.63) is 11.8 Å². The lowest BCUT2D eigenvalue weighted by atomic mass is 9.93. The summed E-state index contributed by atoms with van der Waals surface area (Å²) < 4.78 is 0. The Kier molecular flexibility index (Phi) is 4.13. The summed E-state index contributed by atoms with van der Waals surface area (Å²) in [6.45, 7) is 4.23. The molecule has 0 saturated heterocycles. The first kappa shape index (κ1) is 13.8. The highest BCUT2D eigenvalue weighted by atomic mass is 16.4. The maximum atomic E-state index is 11.7. The third kappa shape index (κ3) is 4.32. The molecule has 8 heteroatoms. The van der Waals surface area contributed by atoms with E-state index >= 15 is 0 Å². The molecule has 0 spiro atoms. The lowest BCUT2D eigenvalue weighted by molar-refractivity contribution is 0.0931. The number of rotatable bonds is 5. The van der Waals surface area contributed by atoms with E-state index in [4.69, 9.17) is 10.8 Å². The lowest BCUT2D eigenvalue weighted by Crippen LogP contribution is -2.41. The number of carboxylic acid groups (broad SMARTS) is 1. The smallest absolute Gasteiger partial charge is 0.404 e. The molecule has 1 heterocycles. The van der Waals surface area contributed by atoms with Crippen LogP contribution in [0, 0.1) is 5.41 Å². The molecular weight excluding hydrogens is 238 g/mol. The van der Waals surface area contributed by atoms with Crippen molar-refractivity contribution in [1.82, 2.24) is 20.8 Å². The zero-order valence-corrected chi connectivity index (χ0v) is 10.3. The first-order valence-corrected chi connectivity index (χ1v) is 5.36. The van der Waals surface area contributed by atoms with Gasteiger partial charge in [0.15, 0.2) is 5.69 Å². The summed E-state index contributed by atoms with van der Waals surface area (Å²) in [5, 5.41) is 19.6. The number of hydrogen-bond acceptors (Lipinski definition) is 4. The number of nitrogen functional groups attached to an aromatic ring is 1. The van der Waals surface area contributed by atoms with Crippen LogP contribution in [0.25, 0.3) is 0 Å². The monoisotopic (exact) mass is 255 g/mol. The molecule has 0 atom stereocenters. The molecular formula is C10H17N5O3.